The van der Waals surface area contributed by atoms with Gasteiger partial charge in [0.05, 0.1) is 23.8 Å². The number of anilines is 1. The van der Waals surface area contributed by atoms with Crippen LogP contribution in [0.3, 0.4) is 0 Å². The van der Waals surface area contributed by atoms with Crippen molar-refractivity contribution in [3.05, 3.63) is 107 Å². The molecule has 0 saturated heterocycles. The van der Waals surface area contributed by atoms with Gasteiger partial charge in [-0.25, -0.2) is 19.6 Å². The number of pyridine rings is 2. The minimum absolute atomic E-state index is 0.0645. The van der Waals surface area contributed by atoms with Crippen molar-refractivity contribution < 1.29 is 19.4 Å². The number of aldehydes is 1. The second-order valence-corrected chi connectivity index (χ2v) is 10.7. The van der Waals surface area contributed by atoms with Crippen LogP contribution in [-0.4, -0.2) is 53.7 Å². The van der Waals surface area contributed by atoms with Gasteiger partial charge in [-0.1, -0.05) is 6.07 Å². The molecule has 45 heavy (non-hydrogen) atoms. The van der Waals surface area contributed by atoms with Crippen molar-refractivity contribution in [2.45, 2.75) is 25.5 Å². The predicted molar refractivity (Wildman–Crippen MR) is 166 cm³/mol. The molecule has 1 amide bonds. The molecule has 12 nitrogen and oxygen atoms in total. The first-order chi connectivity index (χ1) is 21.9. The number of fused-ring (bicyclic) bond motifs is 2. The first-order valence-electron chi connectivity index (χ1n) is 14.3. The van der Waals surface area contributed by atoms with Gasteiger partial charge in [0.1, 0.15) is 17.1 Å². The van der Waals surface area contributed by atoms with E-state index in [0.29, 0.717) is 59.1 Å². The summed E-state index contributed by atoms with van der Waals surface area (Å²) in [5.41, 5.74) is 12.4. The van der Waals surface area contributed by atoms with Crippen molar-refractivity contribution in [3.8, 4) is 28.6 Å². The Morgan fingerprint density at radius 3 is 2.80 bits per heavy atom. The number of phenolic OH excluding ortho intramolecular Hbond substituents is 1. The van der Waals surface area contributed by atoms with Crippen molar-refractivity contribution in [1.29, 1.82) is 0 Å². The summed E-state index contributed by atoms with van der Waals surface area (Å²) in [5, 5.41) is 17.3. The van der Waals surface area contributed by atoms with Crippen LogP contribution in [0.25, 0.3) is 34.1 Å². The largest absolute Gasteiger partial charge is 0.507 e. The Balaban J connectivity index is 1.33. The number of carbonyl (C=O) groups excluding carboxylic acids is 2. The van der Waals surface area contributed by atoms with E-state index in [1.165, 1.54) is 18.2 Å². The molecule has 4 N–H and O–H groups in total. The van der Waals surface area contributed by atoms with Crippen LogP contribution in [-0.2, 0) is 17.8 Å². The van der Waals surface area contributed by atoms with Gasteiger partial charge < -0.3 is 20.9 Å². The highest BCUT2D eigenvalue weighted by Gasteiger charge is 2.27. The Labute approximate surface area is 257 Å². The molecule has 4 aromatic heterocycles. The fourth-order valence-corrected chi connectivity index (χ4v) is 5.84. The highest BCUT2D eigenvalue weighted by atomic mass is 16.5. The lowest BCUT2D eigenvalue weighted by Crippen LogP contribution is -2.27. The van der Waals surface area contributed by atoms with Gasteiger partial charge in [0.2, 0.25) is 0 Å². The monoisotopic (exact) mass is 600 g/mol. The quantitative estimate of drug-likeness (QED) is 0.216. The van der Waals surface area contributed by atoms with E-state index >= 15 is 0 Å². The van der Waals surface area contributed by atoms with Crippen LogP contribution < -0.4 is 11.1 Å². The number of hydrogen-bond donors (Lipinski definition) is 3. The summed E-state index contributed by atoms with van der Waals surface area (Å²) in [5.74, 6) is 1.04. The third-order valence-electron chi connectivity index (χ3n) is 7.98. The van der Waals surface area contributed by atoms with Gasteiger partial charge in [0, 0.05) is 42.5 Å². The molecule has 0 saturated carbocycles. The number of amides is 1. The first-order valence-corrected chi connectivity index (χ1v) is 14.3. The fourth-order valence-electron chi connectivity index (χ4n) is 5.84. The molecule has 0 spiro atoms. The molecule has 0 fully saturated rings. The zero-order chi connectivity index (χ0) is 31.1. The Morgan fingerprint density at radius 2 is 2.02 bits per heavy atom. The van der Waals surface area contributed by atoms with E-state index in [2.05, 4.69) is 21.5 Å². The van der Waals surface area contributed by atoms with Gasteiger partial charge in [-0.3, -0.25) is 14.2 Å². The van der Waals surface area contributed by atoms with Crippen LogP contribution in [0.5, 0.6) is 5.75 Å². The van der Waals surface area contributed by atoms with Crippen LogP contribution >= 0.6 is 0 Å². The van der Waals surface area contributed by atoms with E-state index in [1.807, 2.05) is 47.2 Å². The third-order valence-corrected chi connectivity index (χ3v) is 7.98. The molecule has 12 heteroatoms. The maximum Gasteiger partial charge on any atom is 0.251 e. The number of imidazole rings is 1. The Bertz CT molecular complexity index is 2090. The number of carbonyl (C=O) groups is 2. The Kier molecular flexibility index (Phi) is 7.02. The first kappa shape index (κ1) is 27.9. The second kappa shape index (κ2) is 11.3. The number of nitrogens with zero attached hydrogens (tertiary/aromatic N) is 6. The molecule has 0 radical (unpaired) electrons. The number of methoxy groups -OCH3 is 1. The molecule has 7 rings (SSSR count). The SMILES string of the molecule is COCc1cc(-n2cccn2)nc2c1nc(-c1cccnc1N)n2-c1ccc2c(c1)CC[C@@H]2NC(=O)c1ccc(O)c(C=O)c1. The van der Waals surface area contributed by atoms with Gasteiger partial charge in [-0.15, -0.1) is 0 Å². The van der Waals surface area contributed by atoms with E-state index in [9.17, 15) is 14.7 Å². The number of nitrogens with two attached hydrogens (primary N) is 1. The van der Waals surface area contributed by atoms with Crippen LogP contribution in [0, 0.1) is 0 Å². The van der Waals surface area contributed by atoms with E-state index in [0.717, 1.165) is 28.8 Å². The standard InChI is InChI=1S/C33H28N8O4/c1-45-18-22-16-28(40-13-3-12-36-40)38-32-29(22)39-31(25-4-2-11-35-30(25)34)41(32)23-7-8-24-19(15-23)5-9-26(24)37-33(44)20-6-10-27(43)21(14-20)17-42/h2-4,6-8,10-17,26,43H,5,9,18H2,1H3,(H2,34,35)(H,37,44)/t26-/m0/s1. The molecular weight excluding hydrogens is 572 g/mol. The van der Waals surface area contributed by atoms with Gasteiger partial charge in [-0.2, -0.15) is 5.10 Å². The number of nitrogen functional groups attached to an aromatic ring is 1. The van der Waals surface area contributed by atoms with Gasteiger partial charge in [0.25, 0.3) is 5.91 Å². The molecule has 0 unspecified atom stereocenters. The van der Waals surface area contributed by atoms with E-state index < -0.39 is 0 Å². The average Bonchev–Trinajstić information content (AvgIpc) is 3.81. The van der Waals surface area contributed by atoms with E-state index in [1.54, 1.807) is 24.2 Å². The lowest BCUT2D eigenvalue weighted by atomic mass is 10.1. The number of aryl methyl sites for hydroxylation is 1. The molecule has 4 heterocycles. The number of benzene rings is 2. The van der Waals surface area contributed by atoms with Crippen molar-refractivity contribution in [1.82, 2.24) is 34.6 Å². The zero-order valence-electron chi connectivity index (χ0n) is 24.2. The van der Waals surface area contributed by atoms with E-state index in [4.69, 9.17) is 20.4 Å². The number of aromatic hydroxyl groups is 1. The number of hydrogen-bond acceptors (Lipinski definition) is 9. The molecule has 6 aromatic rings. The zero-order valence-corrected chi connectivity index (χ0v) is 24.2. The summed E-state index contributed by atoms with van der Waals surface area (Å²) in [6.07, 6.45) is 7.12. The smallest absolute Gasteiger partial charge is 0.251 e. The topological polar surface area (TPSA) is 163 Å². The lowest BCUT2D eigenvalue weighted by Gasteiger charge is -2.16. The van der Waals surface area contributed by atoms with Gasteiger partial charge >= 0.3 is 0 Å². The van der Waals surface area contributed by atoms with Gasteiger partial charge in [0.15, 0.2) is 23.6 Å². The van der Waals surface area contributed by atoms with Crippen molar-refractivity contribution in [2.75, 3.05) is 12.8 Å². The average molecular weight is 601 g/mol. The highest BCUT2D eigenvalue weighted by molar-refractivity contribution is 5.96. The number of nitrogens with one attached hydrogen (secondary N) is 1. The lowest BCUT2D eigenvalue weighted by molar-refractivity contribution is 0.0936. The third kappa shape index (κ3) is 4.96. The number of aromatic nitrogens is 6. The normalized spacial score (nSPS) is 14.0. The van der Waals surface area contributed by atoms with Crippen molar-refractivity contribution in [3.63, 3.8) is 0 Å². The van der Waals surface area contributed by atoms with Crippen LogP contribution in [0.2, 0.25) is 0 Å². The van der Waals surface area contributed by atoms with Crippen molar-refractivity contribution in [2.24, 2.45) is 0 Å². The van der Waals surface area contributed by atoms with E-state index in [-0.39, 0.29) is 23.3 Å². The summed E-state index contributed by atoms with van der Waals surface area (Å²) in [6, 6.07) is 17.5. The van der Waals surface area contributed by atoms with Gasteiger partial charge in [-0.05, 0) is 78.6 Å². The Hall–Kier alpha value is -5.88. The van der Waals surface area contributed by atoms with Crippen LogP contribution in [0.15, 0.2) is 79.3 Å². The highest BCUT2D eigenvalue weighted by Crippen LogP contribution is 2.37. The molecule has 0 bridgehead atoms. The predicted octanol–water partition coefficient (Wildman–Crippen LogP) is 4.33. The summed E-state index contributed by atoms with van der Waals surface area (Å²) >= 11 is 0. The molecule has 0 aliphatic heterocycles. The molecule has 224 valence electrons. The maximum atomic E-state index is 13.1. The summed E-state index contributed by atoms with van der Waals surface area (Å²) in [7, 11) is 1.63. The molecule has 1 atom stereocenters. The Morgan fingerprint density at radius 1 is 1.13 bits per heavy atom. The number of ether oxygens (including phenoxy) is 1. The number of rotatable bonds is 8. The molecule has 1 aliphatic carbocycles. The number of phenols is 1. The minimum atomic E-state index is -0.323. The molecular formula is C33H28N8O4. The summed E-state index contributed by atoms with van der Waals surface area (Å²) < 4.78 is 9.20. The minimum Gasteiger partial charge on any atom is -0.507 e. The van der Waals surface area contributed by atoms with Crippen LogP contribution in [0.4, 0.5) is 5.82 Å². The maximum absolute atomic E-state index is 13.1. The summed E-state index contributed by atoms with van der Waals surface area (Å²) in [6.45, 7) is 0.313. The second-order valence-electron chi connectivity index (χ2n) is 10.7. The summed E-state index contributed by atoms with van der Waals surface area (Å²) in [4.78, 5) is 38.7. The molecule has 1 aliphatic rings. The fraction of sp³-hybridized carbons (Fsp3) is 0.152. The van der Waals surface area contributed by atoms with Crippen molar-refractivity contribution >= 4 is 29.2 Å². The molecule has 2 aromatic carbocycles. The van der Waals surface area contributed by atoms with Crippen LogP contribution in [0.1, 0.15) is 49.9 Å².